The maximum atomic E-state index is 12.1. The fraction of sp³-hybridized carbons (Fsp3) is 0.917. The maximum absolute atomic E-state index is 12.1. The summed E-state index contributed by atoms with van der Waals surface area (Å²) in [5.41, 5.74) is 5.55. The Balaban J connectivity index is 1.81. The molecule has 0 bridgehead atoms. The Morgan fingerprint density at radius 3 is 2.89 bits per heavy atom. The highest BCUT2D eigenvalue weighted by Gasteiger charge is 2.56. The maximum Gasteiger partial charge on any atom is 0.328 e. The molecule has 3 aliphatic rings. The van der Waals surface area contributed by atoms with E-state index in [4.69, 9.17) is 14.2 Å². The first kappa shape index (κ1) is 12.3. The third-order valence-corrected chi connectivity index (χ3v) is 4.06. The monoisotopic (exact) mass is 256 g/mol. The number of esters is 1. The molecule has 3 atom stereocenters. The van der Waals surface area contributed by atoms with Crippen molar-refractivity contribution in [2.75, 3.05) is 19.8 Å². The van der Waals surface area contributed by atoms with Crippen LogP contribution in [0.4, 0.5) is 0 Å². The van der Waals surface area contributed by atoms with E-state index in [9.17, 15) is 4.79 Å². The number of nitrogens with one attached hydrogen (secondary N) is 2. The van der Waals surface area contributed by atoms with Gasteiger partial charge in [-0.25, -0.2) is 10.2 Å². The quantitative estimate of drug-likeness (QED) is 0.641. The van der Waals surface area contributed by atoms with Gasteiger partial charge in [0.2, 0.25) is 0 Å². The number of hydrogen-bond donors (Lipinski definition) is 2. The van der Waals surface area contributed by atoms with E-state index in [1.165, 1.54) is 0 Å². The predicted molar refractivity (Wildman–Crippen MR) is 62.5 cm³/mol. The van der Waals surface area contributed by atoms with Crippen LogP contribution < -0.4 is 10.9 Å². The SMILES string of the molecule is CC1(C)OC[C@H]([C@@H]2CNN[C@]23CCCOC3=O)O1. The molecule has 3 heterocycles. The molecule has 2 N–H and O–H groups in total. The summed E-state index contributed by atoms with van der Waals surface area (Å²) in [7, 11) is 0. The van der Waals surface area contributed by atoms with Gasteiger partial charge in [-0.3, -0.25) is 5.43 Å². The van der Waals surface area contributed by atoms with E-state index in [-0.39, 0.29) is 18.0 Å². The lowest BCUT2D eigenvalue weighted by Gasteiger charge is -2.37. The van der Waals surface area contributed by atoms with Crippen molar-refractivity contribution in [3.63, 3.8) is 0 Å². The number of carbonyl (C=O) groups excluding carboxylic acids is 1. The van der Waals surface area contributed by atoms with Gasteiger partial charge in [0.1, 0.15) is 5.54 Å². The van der Waals surface area contributed by atoms with Crippen molar-refractivity contribution in [3.05, 3.63) is 0 Å². The van der Waals surface area contributed by atoms with E-state index in [0.717, 1.165) is 12.8 Å². The van der Waals surface area contributed by atoms with Crippen molar-refractivity contribution in [2.24, 2.45) is 5.92 Å². The van der Waals surface area contributed by atoms with E-state index in [1.807, 2.05) is 13.8 Å². The Morgan fingerprint density at radius 2 is 2.22 bits per heavy atom. The summed E-state index contributed by atoms with van der Waals surface area (Å²) in [4.78, 5) is 12.1. The van der Waals surface area contributed by atoms with E-state index in [0.29, 0.717) is 19.8 Å². The van der Waals surface area contributed by atoms with Gasteiger partial charge in [-0.2, -0.15) is 0 Å². The van der Waals surface area contributed by atoms with E-state index in [1.54, 1.807) is 0 Å². The molecule has 0 aliphatic carbocycles. The number of cyclic esters (lactones) is 1. The first-order chi connectivity index (χ1) is 8.54. The third kappa shape index (κ3) is 1.84. The molecule has 0 aromatic carbocycles. The van der Waals surface area contributed by atoms with Crippen LogP contribution in [0, 0.1) is 5.92 Å². The van der Waals surface area contributed by atoms with Crippen molar-refractivity contribution >= 4 is 5.97 Å². The molecule has 3 aliphatic heterocycles. The zero-order valence-corrected chi connectivity index (χ0v) is 10.8. The molecular weight excluding hydrogens is 236 g/mol. The summed E-state index contributed by atoms with van der Waals surface area (Å²) < 4.78 is 16.7. The molecule has 1 spiro atoms. The molecule has 0 aromatic rings. The second kappa shape index (κ2) is 4.16. The molecular formula is C12H20N2O4. The molecule has 6 heteroatoms. The van der Waals surface area contributed by atoms with Crippen molar-refractivity contribution in [1.29, 1.82) is 0 Å². The number of hydrazine groups is 1. The molecule has 3 saturated heterocycles. The minimum Gasteiger partial charge on any atom is -0.464 e. The van der Waals surface area contributed by atoms with E-state index < -0.39 is 11.3 Å². The van der Waals surface area contributed by atoms with Crippen LogP contribution in [0.5, 0.6) is 0 Å². The van der Waals surface area contributed by atoms with Gasteiger partial charge in [0.05, 0.1) is 19.3 Å². The lowest BCUT2D eigenvalue weighted by atomic mass is 9.78. The second-order valence-electron chi connectivity index (χ2n) is 5.69. The normalized spacial score (nSPS) is 43.3. The average Bonchev–Trinajstić information content (AvgIpc) is 2.87. The highest BCUT2D eigenvalue weighted by molar-refractivity contribution is 5.82. The average molecular weight is 256 g/mol. The predicted octanol–water partition coefficient (Wildman–Crippen LogP) is -0.0623. The number of rotatable bonds is 1. The van der Waals surface area contributed by atoms with Crippen molar-refractivity contribution in [3.8, 4) is 0 Å². The fourth-order valence-corrected chi connectivity index (χ4v) is 3.15. The van der Waals surface area contributed by atoms with Gasteiger partial charge in [-0.1, -0.05) is 0 Å². The van der Waals surface area contributed by atoms with Gasteiger partial charge in [0.25, 0.3) is 0 Å². The summed E-state index contributed by atoms with van der Waals surface area (Å²) in [5.74, 6) is -0.684. The van der Waals surface area contributed by atoms with Crippen LogP contribution in [-0.2, 0) is 19.0 Å². The van der Waals surface area contributed by atoms with E-state index >= 15 is 0 Å². The zero-order chi connectivity index (χ0) is 12.8. The molecule has 3 fully saturated rings. The minimum absolute atomic E-state index is 0.0482. The Kier molecular flexibility index (Phi) is 2.85. The van der Waals surface area contributed by atoms with Gasteiger partial charge in [0, 0.05) is 12.5 Å². The minimum atomic E-state index is -0.646. The van der Waals surface area contributed by atoms with Crippen LogP contribution in [0.25, 0.3) is 0 Å². The highest BCUT2D eigenvalue weighted by Crippen LogP contribution is 2.38. The van der Waals surface area contributed by atoms with Gasteiger partial charge in [-0.05, 0) is 26.7 Å². The van der Waals surface area contributed by atoms with Gasteiger partial charge >= 0.3 is 5.97 Å². The molecule has 3 rings (SSSR count). The zero-order valence-electron chi connectivity index (χ0n) is 10.8. The van der Waals surface area contributed by atoms with Gasteiger partial charge < -0.3 is 14.2 Å². The molecule has 18 heavy (non-hydrogen) atoms. The van der Waals surface area contributed by atoms with Gasteiger partial charge in [-0.15, -0.1) is 0 Å². The fourth-order valence-electron chi connectivity index (χ4n) is 3.15. The summed E-state index contributed by atoms with van der Waals surface area (Å²) in [6, 6.07) is 0. The smallest absolute Gasteiger partial charge is 0.328 e. The first-order valence-electron chi connectivity index (χ1n) is 6.53. The molecule has 0 saturated carbocycles. The third-order valence-electron chi connectivity index (χ3n) is 4.06. The Hall–Kier alpha value is -0.690. The lowest BCUT2D eigenvalue weighted by molar-refractivity contribution is -0.167. The summed E-state index contributed by atoms with van der Waals surface area (Å²) in [5, 5.41) is 0. The number of carbonyl (C=O) groups is 1. The first-order valence-corrected chi connectivity index (χ1v) is 6.53. The Bertz CT molecular complexity index is 360. The van der Waals surface area contributed by atoms with Gasteiger partial charge in [0.15, 0.2) is 5.79 Å². The largest absolute Gasteiger partial charge is 0.464 e. The molecule has 0 amide bonds. The molecule has 0 radical (unpaired) electrons. The highest BCUT2D eigenvalue weighted by atomic mass is 16.7. The summed E-state index contributed by atoms with van der Waals surface area (Å²) in [6.07, 6.45) is 1.59. The number of hydrogen-bond acceptors (Lipinski definition) is 6. The number of ether oxygens (including phenoxy) is 3. The van der Waals surface area contributed by atoms with Crippen molar-refractivity contribution < 1.29 is 19.0 Å². The van der Waals surface area contributed by atoms with Crippen LogP contribution in [0.1, 0.15) is 26.7 Å². The molecule has 0 aromatic heterocycles. The van der Waals surface area contributed by atoms with Crippen LogP contribution in [0.15, 0.2) is 0 Å². The van der Waals surface area contributed by atoms with Crippen molar-refractivity contribution in [1.82, 2.24) is 10.9 Å². The lowest BCUT2D eigenvalue weighted by Crippen LogP contribution is -2.59. The van der Waals surface area contributed by atoms with Crippen LogP contribution in [-0.4, -0.2) is 43.2 Å². The van der Waals surface area contributed by atoms with Crippen LogP contribution >= 0.6 is 0 Å². The standard InChI is InChI=1S/C12H20N2O4/c1-11(2)17-7-9(18-11)8-6-13-14-12(8)4-3-5-16-10(12)15/h8-9,13-14H,3-7H2,1-2H3/t8-,9+,12+/m0/s1. The molecule has 6 nitrogen and oxygen atoms in total. The second-order valence-corrected chi connectivity index (χ2v) is 5.69. The Morgan fingerprint density at radius 1 is 1.39 bits per heavy atom. The van der Waals surface area contributed by atoms with E-state index in [2.05, 4.69) is 10.9 Å². The molecule has 102 valence electrons. The Labute approximate surface area is 106 Å². The van der Waals surface area contributed by atoms with Crippen LogP contribution in [0.3, 0.4) is 0 Å². The van der Waals surface area contributed by atoms with Crippen LogP contribution in [0.2, 0.25) is 0 Å². The van der Waals surface area contributed by atoms with Crippen molar-refractivity contribution in [2.45, 2.75) is 44.1 Å². The summed E-state index contributed by atoms with van der Waals surface area (Å²) >= 11 is 0. The topological polar surface area (TPSA) is 68.8 Å². The molecule has 0 unspecified atom stereocenters. The summed E-state index contributed by atoms with van der Waals surface area (Å²) in [6.45, 7) is 5.53.